The van der Waals surface area contributed by atoms with Gasteiger partial charge in [-0.25, -0.2) is 14.3 Å². The van der Waals surface area contributed by atoms with Crippen molar-refractivity contribution in [3.8, 4) is 0 Å². The predicted molar refractivity (Wildman–Crippen MR) is 75.7 cm³/mol. The molecular weight excluding hydrogens is 324 g/mol. The van der Waals surface area contributed by atoms with E-state index in [2.05, 4.69) is 26.0 Å². The first-order valence-corrected chi connectivity index (χ1v) is 7.53. The number of carbonyl (C=O) groups is 1. The number of anilines is 1. The van der Waals surface area contributed by atoms with Crippen LogP contribution >= 0.6 is 15.9 Å². The van der Waals surface area contributed by atoms with E-state index in [-0.39, 0.29) is 18.2 Å². The van der Waals surface area contributed by atoms with Gasteiger partial charge in [0.15, 0.2) is 5.65 Å². The fourth-order valence-corrected chi connectivity index (χ4v) is 3.42. The molecule has 1 saturated heterocycles. The molecule has 0 aromatic carbocycles. The zero-order valence-electron chi connectivity index (χ0n) is 10.7. The zero-order valence-corrected chi connectivity index (χ0v) is 12.3. The fourth-order valence-electron chi connectivity index (χ4n) is 3.06. The van der Waals surface area contributed by atoms with E-state index in [1.165, 1.54) is 0 Å². The summed E-state index contributed by atoms with van der Waals surface area (Å²) in [5, 5.41) is 4.16. The highest BCUT2D eigenvalue weighted by Gasteiger charge is 2.44. The monoisotopic (exact) mass is 336 g/mol. The number of halogens is 1. The van der Waals surface area contributed by atoms with Crippen LogP contribution in [0.1, 0.15) is 25.7 Å². The second-order valence-electron chi connectivity index (χ2n) is 5.19. The summed E-state index contributed by atoms with van der Waals surface area (Å²) >= 11 is 3.41. The van der Waals surface area contributed by atoms with Crippen molar-refractivity contribution in [1.29, 1.82) is 0 Å². The van der Waals surface area contributed by atoms with Gasteiger partial charge < -0.3 is 4.74 Å². The number of ether oxygens (including phenoxy) is 1. The van der Waals surface area contributed by atoms with Crippen LogP contribution in [0.5, 0.6) is 0 Å². The Morgan fingerprint density at radius 1 is 1.35 bits per heavy atom. The van der Waals surface area contributed by atoms with E-state index in [1.54, 1.807) is 15.6 Å². The van der Waals surface area contributed by atoms with Crippen LogP contribution < -0.4 is 4.90 Å². The molecule has 1 saturated carbocycles. The van der Waals surface area contributed by atoms with Crippen LogP contribution in [0.15, 0.2) is 22.9 Å². The first kappa shape index (κ1) is 12.1. The quantitative estimate of drug-likeness (QED) is 0.803. The third kappa shape index (κ3) is 1.72. The van der Waals surface area contributed by atoms with Crippen molar-refractivity contribution in [3.63, 3.8) is 0 Å². The highest BCUT2D eigenvalue weighted by molar-refractivity contribution is 9.10. The molecule has 2 fully saturated rings. The standard InChI is InChI=1S/C13H13BrN4O2/c14-8-7-15-17-6-5-11(16-12(8)17)18-9-3-1-2-4-10(9)20-13(18)19/h5-7,9-10H,1-4H2/t9?,10-/m1/s1. The number of rotatable bonds is 1. The molecule has 2 aromatic heterocycles. The molecule has 1 aliphatic heterocycles. The Hall–Kier alpha value is -1.63. The van der Waals surface area contributed by atoms with Crippen LogP contribution in [-0.4, -0.2) is 32.8 Å². The molecule has 7 heteroatoms. The highest BCUT2D eigenvalue weighted by atomic mass is 79.9. The molecule has 20 heavy (non-hydrogen) atoms. The molecule has 2 aliphatic rings. The van der Waals surface area contributed by atoms with Crippen molar-refractivity contribution in [3.05, 3.63) is 22.9 Å². The number of amides is 1. The molecule has 104 valence electrons. The summed E-state index contributed by atoms with van der Waals surface area (Å²) in [5.41, 5.74) is 0.703. The van der Waals surface area contributed by atoms with Crippen molar-refractivity contribution in [2.24, 2.45) is 0 Å². The van der Waals surface area contributed by atoms with Gasteiger partial charge in [-0.2, -0.15) is 5.10 Å². The molecule has 1 unspecified atom stereocenters. The summed E-state index contributed by atoms with van der Waals surface area (Å²) in [5.74, 6) is 0.637. The third-order valence-electron chi connectivity index (χ3n) is 4.01. The summed E-state index contributed by atoms with van der Waals surface area (Å²) in [6.45, 7) is 0. The van der Waals surface area contributed by atoms with E-state index >= 15 is 0 Å². The SMILES string of the molecule is O=C1O[C@@H]2CCCCC2N1c1ccn2ncc(Br)c2n1. The van der Waals surface area contributed by atoms with E-state index in [0.717, 1.165) is 30.2 Å². The van der Waals surface area contributed by atoms with Crippen LogP contribution in [0.25, 0.3) is 5.65 Å². The van der Waals surface area contributed by atoms with E-state index in [9.17, 15) is 4.79 Å². The second-order valence-corrected chi connectivity index (χ2v) is 6.04. The summed E-state index contributed by atoms with van der Waals surface area (Å²) < 4.78 is 7.95. The van der Waals surface area contributed by atoms with Crippen LogP contribution in [0.4, 0.5) is 10.6 Å². The number of hydrogen-bond acceptors (Lipinski definition) is 4. The Balaban J connectivity index is 1.77. The van der Waals surface area contributed by atoms with Crippen LogP contribution in [-0.2, 0) is 4.74 Å². The molecular formula is C13H13BrN4O2. The van der Waals surface area contributed by atoms with Gasteiger partial charge in [0.1, 0.15) is 11.9 Å². The molecule has 0 spiro atoms. The Kier molecular flexibility index (Phi) is 2.70. The van der Waals surface area contributed by atoms with Gasteiger partial charge in [-0.05, 0) is 41.3 Å². The molecule has 1 aliphatic carbocycles. The molecule has 6 nitrogen and oxygen atoms in total. The van der Waals surface area contributed by atoms with E-state index < -0.39 is 0 Å². The number of hydrogen-bond donors (Lipinski definition) is 0. The molecule has 2 aromatic rings. The maximum atomic E-state index is 12.1. The maximum absolute atomic E-state index is 12.1. The molecule has 0 radical (unpaired) electrons. The lowest BCUT2D eigenvalue weighted by molar-refractivity contribution is 0.113. The maximum Gasteiger partial charge on any atom is 0.416 e. The molecule has 3 heterocycles. The number of carbonyl (C=O) groups excluding carboxylic acids is 1. The van der Waals surface area contributed by atoms with Crippen LogP contribution in [0.2, 0.25) is 0 Å². The normalized spacial score (nSPS) is 25.9. The first-order valence-electron chi connectivity index (χ1n) is 6.74. The molecule has 0 bridgehead atoms. The Morgan fingerprint density at radius 2 is 2.20 bits per heavy atom. The van der Waals surface area contributed by atoms with Crippen molar-refractivity contribution >= 4 is 33.5 Å². The largest absolute Gasteiger partial charge is 0.444 e. The van der Waals surface area contributed by atoms with Gasteiger partial charge in [0.2, 0.25) is 0 Å². The van der Waals surface area contributed by atoms with Crippen molar-refractivity contribution in [2.75, 3.05) is 4.90 Å². The fraction of sp³-hybridized carbons (Fsp3) is 0.462. The smallest absolute Gasteiger partial charge is 0.416 e. The summed E-state index contributed by atoms with van der Waals surface area (Å²) in [6.07, 6.45) is 7.42. The van der Waals surface area contributed by atoms with Gasteiger partial charge in [0, 0.05) is 6.20 Å². The van der Waals surface area contributed by atoms with E-state index in [1.807, 2.05) is 12.3 Å². The minimum absolute atomic E-state index is 0.0163. The average molecular weight is 337 g/mol. The summed E-state index contributed by atoms with van der Waals surface area (Å²) in [4.78, 5) is 18.4. The van der Waals surface area contributed by atoms with Gasteiger partial charge in [-0.15, -0.1) is 0 Å². The predicted octanol–water partition coefficient (Wildman–Crippen LogP) is 2.76. The number of aromatic nitrogens is 3. The Labute approximate surface area is 123 Å². The van der Waals surface area contributed by atoms with Crippen molar-refractivity contribution < 1.29 is 9.53 Å². The lowest BCUT2D eigenvalue weighted by atomic mass is 9.92. The molecule has 1 amide bonds. The zero-order chi connectivity index (χ0) is 13.7. The first-order chi connectivity index (χ1) is 9.74. The minimum atomic E-state index is -0.283. The molecule has 0 N–H and O–H groups in total. The summed E-state index contributed by atoms with van der Waals surface area (Å²) in [7, 11) is 0. The van der Waals surface area contributed by atoms with Crippen LogP contribution in [0, 0.1) is 0 Å². The number of fused-ring (bicyclic) bond motifs is 2. The Bertz CT molecular complexity index is 686. The second kappa shape index (κ2) is 4.44. The van der Waals surface area contributed by atoms with Crippen molar-refractivity contribution in [2.45, 2.75) is 37.8 Å². The Morgan fingerprint density at radius 3 is 3.10 bits per heavy atom. The van der Waals surface area contributed by atoms with Crippen molar-refractivity contribution in [1.82, 2.24) is 14.6 Å². The third-order valence-corrected chi connectivity index (χ3v) is 4.57. The average Bonchev–Trinajstić information content (AvgIpc) is 2.98. The topological polar surface area (TPSA) is 59.7 Å². The van der Waals surface area contributed by atoms with Crippen LogP contribution in [0.3, 0.4) is 0 Å². The van der Waals surface area contributed by atoms with Gasteiger partial charge >= 0.3 is 6.09 Å². The van der Waals surface area contributed by atoms with Gasteiger partial charge in [0.05, 0.1) is 16.7 Å². The van der Waals surface area contributed by atoms with Gasteiger partial charge in [-0.1, -0.05) is 6.42 Å². The lowest BCUT2D eigenvalue weighted by Gasteiger charge is -2.27. The highest BCUT2D eigenvalue weighted by Crippen LogP contribution is 2.34. The summed E-state index contributed by atoms with van der Waals surface area (Å²) in [6, 6.07) is 1.93. The van der Waals surface area contributed by atoms with E-state index in [4.69, 9.17) is 4.74 Å². The van der Waals surface area contributed by atoms with Gasteiger partial charge in [-0.3, -0.25) is 4.90 Å². The van der Waals surface area contributed by atoms with E-state index in [0.29, 0.717) is 11.5 Å². The molecule has 4 rings (SSSR count). The number of nitrogens with zero attached hydrogens (tertiary/aromatic N) is 4. The minimum Gasteiger partial charge on any atom is -0.444 e. The lowest BCUT2D eigenvalue weighted by Crippen LogP contribution is -2.39. The molecule has 2 atom stereocenters. The van der Waals surface area contributed by atoms with Gasteiger partial charge in [0.25, 0.3) is 0 Å².